The summed E-state index contributed by atoms with van der Waals surface area (Å²) in [6.07, 6.45) is 7.98. The van der Waals surface area contributed by atoms with Gasteiger partial charge < -0.3 is 9.88 Å². The van der Waals surface area contributed by atoms with Crippen LogP contribution in [-0.2, 0) is 16.6 Å². The van der Waals surface area contributed by atoms with Crippen molar-refractivity contribution in [3.63, 3.8) is 0 Å². The van der Waals surface area contributed by atoms with Gasteiger partial charge in [0.25, 0.3) is 0 Å². The predicted octanol–water partition coefficient (Wildman–Crippen LogP) is 0.688. The molecule has 108 valence electrons. The number of anilines is 1. The Kier molecular flexibility index (Phi) is 4.70. The van der Waals surface area contributed by atoms with E-state index in [4.69, 9.17) is 0 Å². The maximum atomic E-state index is 12.2. The second-order valence-electron chi connectivity index (χ2n) is 4.10. The summed E-state index contributed by atoms with van der Waals surface area (Å²) in [5, 5.41) is 3.01. The molecule has 0 aliphatic rings. The van der Waals surface area contributed by atoms with Gasteiger partial charge in [-0.1, -0.05) is 0 Å². The lowest BCUT2D eigenvalue weighted by atomic mass is 10.4. The normalized spacial score (nSPS) is 11.4. The molecular weight excluding hydrogens is 278 g/mol. The molecule has 0 aliphatic carbocycles. The van der Waals surface area contributed by atoms with E-state index in [0.29, 0.717) is 25.3 Å². The summed E-state index contributed by atoms with van der Waals surface area (Å²) in [6.45, 7) is 3.36. The second kappa shape index (κ2) is 6.49. The summed E-state index contributed by atoms with van der Waals surface area (Å²) in [6, 6.07) is 1.65. The molecule has 0 aliphatic heterocycles. The molecule has 2 heterocycles. The molecule has 0 aromatic carbocycles. The van der Waals surface area contributed by atoms with E-state index >= 15 is 0 Å². The molecule has 0 amide bonds. The SMILES string of the molecule is CCNc1ccncc1S(=O)(=O)NCCn1ccnc1. The number of nitrogens with zero attached hydrogens (tertiary/aromatic N) is 3. The number of aromatic nitrogens is 3. The fourth-order valence-electron chi connectivity index (χ4n) is 1.74. The highest BCUT2D eigenvalue weighted by molar-refractivity contribution is 7.89. The Morgan fingerprint density at radius 1 is 1.30 bits per heavy atom. The quantitative estimate of drug-likeness (QED) is 0.784. The van der Waals surface area contributed by atoms with Crippen molar-refractivity contribution in [2.45, 2.75) is 18.4 Å². The molecule has 20 heavy (non-hydrogen) atoms. The first-order valence-electron chi connectivity index (χ1n) is 6.27. The van der Waals surface area contributed by atoms with Gasteiger partial charge >= 0.3 is 0 Å². The highest BCUT2D eigenvalue weighted by Gasteiger charge is 2.17. The van der Waals surface area contributed by atoms with Crippen molar-refractivity contribution in [1.82, 2.24) is 19.3 Å². The van der Waals surface area contributed by atoms with Crippen LogP contribution < -0.4 is 10.0 Å². The number of hydrogen-bond donors (Lipinski definition) is 2. The van der Waals surface area contributed by atoms with Gasteiger partial charge in [-0.25, -0.2) is 18.1 Å². The molecule has 7 nitrogen and oxygen atoms in total. The maximum absolute atomic E-state index is 12.2. The monoisotopic (exact) mass is 295 g/mol. The van der Waals surface area contributed by atoms with Crippen LogP contribution >= 0.6 is 0 Å². The average molecular weight is 295 g/mol. The van der Waals surface area contributed by atoms with Crippen molar-refractivity contribution in [2.75, 3.05) is 18.4 Å². The average Bonchev–Trinajstić information content (AvgIpc) is 2.92. The van der Waals surface area contributed by atoms with E-state index in [1.165, 1.54) is 6.20 Å². The van der Waals surface area contributed by atoms with Gasteiger partial charge in [-0.15, -0.1) is 0 Å². The van der Waals surface area contributed by atoms with Crippen molar-refractivity contribution in [3.05, 3.63) is 37.2 Å². The zero-order chi connectivity index (χ0) is 14.4. The van der Waals surface area contributed by atoms with Crippen molar-refractivity contribution < 1.29 is 8.42 Å². The van der Waals surface area contributed by atoms with Crippen LogP contribution in [0.5, 0.6) is 0 Å². The Morgan fingerprint density at radius 2 is 2.15 bits per heavy atom. The van der Waals surface area contributed by atoms with Gasteiger partial charge in [0.15, 0.2) is 0 Å². The Bertz CT molecular complexity index is 640. The molecule has 0 spiro atoms. The third kappa shape index (κ3) is 3.55. The lowest BCUT2D eigenvalue weighted by molar-refractivity contribution is 0.572. The van der Waals surface area contributed by atoms with Crippen LogP contribution in [0.25, 0.3) is 0 Å². The molecule has 0 bridgehead atoms. The van der Waals surface area contributed by atoms with Crippen LogP contribution in [0, 0.1) is 0 Å². The first-order valence-corrected chi connectivity index (χ1v) is 7.75. The second-order valence-corrected chi connectivity index (χ2v) is 5.84. The molecule has 2 N–H and O–H groups in total. The van der Waals surface area contributed by atoms with Crippen LogP contribution in [0.2, 0.25) is 0 Å². The lowest BCUT2D eigenvalue weighted by Crippen LogP contribution is -2.28. The van der Waals surface area contributed by atoms with E-state index in [2.05, 4.69) is 20.0 Å². The summed E-state index contributed by atoms with van der Waals surface area (Å²) in [5.74, 6) is 0. The molecule has 0 saturated carbocycles. The van der Waals surface area contributed by atoms with E-state index in [-0.39, 0.29) is 4.90 Å². The minimum absolute atomic E-state index is 0.160. The Balaban J connectivity index is 2.06. The Labute approximate surface area is 118 Å². The third-order valence-corrected chi connectivity index (χ3v) is 4.15. The van der Waals surface area contributed by atoms with Crippen LogP contribution in [0.3, 0.4) is 0 Å². The zero-order valence-corrected chi connectivity index (χ0v) is 12.0. The third-order valence-electron chi connectivity index (χ3n) is 2.66. The molecule has 0 fully saturated rings. The number of rotatable bonds is 7. The Morgan fingerprint density at radius 3 is 2.85 bits per heavy atom. The van der Waals surface area contributed by atoms with Gasteiger partial charge in [0.2, 0.25) is 10.0 Å². The first-order chi connectivity index (χ1) is 9.63. The predicted molar refractivity (Wildman–Crippen MR) is 75.8 cm³/mol. The van der Waals surface area contributed by atoms with Gasteiger partial charge in [-0.05, 0) is 13.0 Å². The van der Waals surface area contributed by atoms with Crippen LogP contribution in [-0.4, -0.2) is 36.0 Å². The molecule has 0 atom stereocenters. The number of sulfonamides is 1. The van der Waals surface area contributed by atoms with E-state index in [9.17, 15) is 8.42 Å². The summed E-state index contributed by atoms with van der Waals surface area (Å²) in [5.41, 5.74) is 0.553. The standard InChI is InChI=1S/C12H17N5O2S/c1-2-15-11-3-4-13-9-12(11)20(18,19)16-6-8-17-7-5-14-10-17/h3-5,7,9-10,16H,2,6,8H2,1H3,(H,13,15). The molecule has 0 saturated heterocycles. The number of hydrogen-bond acceptors (Lipinski definition) is 5. The molecule has 2 aromatic rings. The molecule has 0 unspecified atom stereocenters. The van der Waals surface area contributed by atoms with Gasteiger partial charge in [-0.2, -0.15) is 0 Å². The smallest absolute Gasteiger partial charge is 0.244 e. The van der Waals surface area contributed by atoms with Gasteiger partial charge in [-0.3, -0.25) is 4.98 Å². The topological polar surface area (TPSA) is 88.9 Å². The van der Waals surface area contributed by atoms with Crippen molar-refractivity contribution in [3.8, 4) is 0 Å². The fraction of sp³-hybridized carbons (Fsp3) is 0.333. The highest BCUT2D eigenvalue weighted by Crippen LogP contribution is 2.18. The maximum Gasteiger partial charge on any atom is 0.244 e. The summed E-state index contributed by atoms with van der Waals surface area (Å²) in [7, 11) is -3.58. The van der Waals surface area contributed by atoms with E-state index in [0.717, 1.165) is 0 Å². The zero-order valence-electron chi connectivity index (χ0n) is 11.2. The van der Waals surface area contributed by atoms with Crippen molar-refractivity contribution in [1.29, 1.82) is 0 Å². The summed E-state index contributed by atoms with van der Waals surface area (Å²) >= 11 is 0. The number of nitrogens with one attached hydrogen (secondary N) is 2. The van der Waals surface area contributed by atoms with Crippen LogP contribution in [0.1, 0.15) is 6.92 Å². The molecule has 2 aromatic heterocycles. The van der Waals surface area contributed by atoms with E-state index in [1.807, 2.05) is 6.92 Å². The number of pyridine rings is 1. The molecule has 8 heteroatoms. The Hall–Kier alpha value is -1.93. The number of imidazole rings is 1. The fourth-order valence-corrected chi connectivity index (χ4v) is 2.88. The summed E-state index contributed by atoms with van der Waals surface area (Å²) in [4.78, 5) is 7.94. The van der Waals surface area contributed by atoms with E-state index in [1.54, 1.807) is 35.6 Å². The van der Waals surface area contributed by atoms with Gasteiger partial charge in [0, 0.05) is 44.4 Å². The van der Waals surface area contributed by atoms with Gasteiger partial charge in [0.05, 0.1) is 12.0 Å². The molecule has 0 radical (unpaired) electrons. The van der Waals surface area contributed by atoms with Gasteiger partial charge in [0.1, 0.15) is 4.90 Å². The molecule has 2 rings (SSSR count). The van der Waals surface area contributed by atoms with Crippen LogP contribution in [0.15, 0.2) is 42.1 Å². The van der Waals surface area contributed by atoms with E-state index < -0.39 is 10.0 Å². The first kappa shape index (κ1) is 14.5. The molecular formula is C12H17N5O2S. The minimum Gasteiger partial charge on any atom is -0.384 e. The lowest BCUT2D eigenvalue weighted by Gasteiger charge is -2.11. The van der Waals surface area contributed by atoms with Crippen molar-refractivity contribution >= 4 is 15.7 Å². The minimum atomic E-state index is -3.58. The van der Waals surface area contributed by atoms with Crippen molar-refractivity contribution in [2.24, 2.45) is 0 Å². The largest absolute Gasteiger partial charge is 0.384 e. The van der Waals surface area contributed by atoms with Crippen LogP contribution in [0.4, 0.5) is 5.69 Å². The summed E-state index contributed by atoms with van der Waals surface area (Å²) < 4.78 is 28.8. The highest BCUT2D eigenvalue weighted by atomic mass is 32.2.